The highest BCUT2D eigenvalue weighted by Crippen LogP contribution is 2.27. The van der Waals surface area contributed by atoms with Crippen LogP contribution < -0.4 is 5.32 Å². The van der Waals surface area contributed by atoms with Crippen molar-refractivity contribution in [2.45, 2.75) is 26.2 Å². The molecule has 1 atom stereocenters. The van der Waals surface area contributed by atoms with Gasteiger partial charge in [0.15, 0.2) is 0 Å². The van der Waals surface area contributed by atoms with E-state index in [-0.39, 0.29) is 17.2 Å². The van der Waals surface area contributed by atoms with Gasteiger partial charge in [0.2, 0.25) is 0 Å². The van der Waals surface area contributed by atoms with Gasteiger partial charge in [0.25, 0.3) is 11.6 Å². The van der Waals surface area contributed by atoms with Crippen LogP contribution in [0.25, 0.3) is 11.0 Å². The minimum Gasteiger partial charge on any atom is -0.463 e. The molecule has 6 heteroatoms. The lowest BCUT2D eigenvalue weighted by Gasteiger charge is -2.10. The quantitative estimate of drug-likeness (QED) is 0.517. The topological polar surface area (TPSA) is 85.4 Å². The lowest BCUT2D eigenvalue weighted by atomic mass is 9.98. The number of nitrogens with zero attached hydrogens (tertiary/aromatic N) is 1. The molecule has 1 heterocycles. The summed E-state index contributed by atoms with van der Waals surface area (Å²) in [6, 6.07) is 11.9. The van der Waals surface area contributed by atoms with Crippen LogP contribution in [0.4, 0.5) is 11.4 Å². The molecule has 0 fully saturated rings. The molecule has 3 rings (SSSR count). The maximum Gasteiger partial charge on any atom is 0.270 e. The van der Waals surface area contributed by atoms with E-state index >= 15 is 0 Å². The summed E-state index contributed by atoms with van der Waals surface area (Å²) in [6.45, 7) is 4.28. The van der Waals surface area contributed by atoms with Crippen molar-refractivity contribution in [3.8, 4) is 0 Å². The molecule has 6 nitrogen and oxygen atoms in total. The van der Waals surface area contributed by atoms with Gasteiger partial charge in [-0.1, -0.05) is 26.0 Å². The van der Waals surface area contributed by atoms with E-state index in [1.54, 1.807) is 0 Å². The van der Waals surface area contributed by atoms with Gasteiger partial charge in [0, 0.05) is 23.2 Å². The van der Waals surface area contributed by atoms with E-state index in [2.05, 4.69) is 19.2 Å². The van der Waals surface area contributed by atoms with Crippen molar-refractivity contribution in [1.82, 2.24) is 0 Å². The van der Waals surface area contributed by atoms with Gasteiger partial charge >= 0.3 is 0 Å². The van der Waals surface area contributed by atoms with E-state index in [1.807, 2.05) is 24.3 Å². The fourth-order valence-corrected chi connectivity index (χ4v) is 2.64. The van der Waals surface area contributed by atoms with Crippen molar-refractivity contribution >= 4 is 28.3 Å². The molecule has 0 bridgehead atoms. The summed E-state index contributed by atoms with van der Waals surface area (Å²) < 4.78 is 5.32. The highest BCUT2D eigenvalue weighted by molar-refractivity contribution is 6.12. The number of rotatable bonds is 5. The van der Waals surface area contributed by atoms with Crippen LogP contribution >= 0.6 is 0 Å². The summed E-state index contributed by atoms with van der Waals surface area (Å²) >= 11 is 0. The second-order valence-electron chi connectivity index (χ2n) is 5.97. The highest BCUT2D eigenvalue weighted by Gasteiger charge is 2.17. The van der Waals surface area contributed by atoms with Gasteiger partial charge in [-0.25, -0.2) is 0 Å². The summed E-state index contributed by atoms with van der Waals surface area (Å²) in [6.07, 6.45) is 2.36. The first-order valence-electron chi connectivity index (χ1n) is 8.06. The fraction of sp³-hybridized carbons (Fsp3) is 0.211. The molecule has 128 valence electrons. The van der Waals surface area contributed by atoms with Crippen LogP contribution in [0.15, 0.2) is 53.1 Å². The van der Waals surface area contributed by atoms with E-state index in [0.29, 0.717) is 22.6 Å². The molecule has 0 unspecified atom stereocenters. The molecule has 0 spiro atoms. The Morgan fingerprint density at radius 1 is 1.24 bits per heavy atom. The third-order valence-electron chi connectivity index (χ3n) is 4.36. The molecule has 0 saturated carbocycles. The molecule has 0 saturated heterocycles. The number of anilines is 1. The first kappa shape index (κ1) is 16.7. The summed E-state index contributed by atoms with van der Waals surface area (Å²) in [5.74, 6) is 0.0960. The fourth-order valence-electron chi connectivity index (χ4n) is 2.64. The van der Waals surface area contributed by atoms with Gasteiger partial charge in [-0.2, -0.15) is 0 Å². The summed E-state index contributed by atoms with van der Waals surface area (Å²) in [5, 5.41) is 14.1. The van der Waals surface area contributed by atoms with Crippen molar-refractivity contribution in [3.05, 3.63) is 70.0 Å². The van der Waals surface area contributed by atoms with E-state index < -0.39 is 4.92 Å². The van der Waals surface area contributed by atoms with Crippen molar-refractivity contribution in [2.24, 2.45) is 0 Å². The number of furan rings is 1. The third-order valence-corrected chi connectivity index (χ3v) is 4.36. The van der Waals surface area contributed by atoms with E-state index in [9.17, 15) is 14.9 Å². The Morgan fingerprint density at radius 3 is 2.60 bits per heavy atom. The second kappa shape index (κ2) is 6.76. The van der Waals surface area contributed by atoms with Crippen LogP contribution in [-0.2, 0) is 0 Å². The zero-order chi connectivity index (χ0) is 18.0. The first-order chi connectivity index (χ1) is 12.0. The van der Waals surface area contributed by atoms with Crippen LogP contribution in [0.1, 0.15) is 42.1 Å². The molecule has 1 N–H and O–H groups in total. The van der Waals surface area contributed by atoms with Gasteiger partial charge < -0.3 is 9.73 Å². The summed E-state index contributed by atoms with van der Waals surface area (Å²) in [5.41, 5.74) is 2.50. The van der Waals surface area contributed by atoms with E-state index in [0.717, 1.165) is 6.42 Å². The Hall–Kier alpha value is -3.15. The second-order valence-corrected chi connectivity index (χ2v) is 5.97. The van der Waals surface area contributed by atoms with Gasteiger partial charge in [-0.3, -0.25) is 14.9 Å². The summed E-state index contributed by atoms with van der Waals surface area (Å²) in [4.78, 5) is 22.9. The number of hydrogen-bond donors (Lipinski definition) is 1. The zero-order valence-electron chi connectivity index (χ0n) is 14.0. The highest BCUT2D eigenvalue weighted by atomic mass is 16.6. The predicted molar refractivity (Wildman–Crippen MR) is 96.0 cm³/mol. The predicted octanol–water partition coefficient (Wildman–Crippen LogP) is 5.11. The number of fused-ring (bicyclic) bond motifs is 1. The van der Waals surface area contributed by atoms with Crippen molar-refractivity contribution in [1.29, 1.82) is 0 Å². The van der Waals surface area contributed by atoms with Gasteiger partial charge in [0.1, 0.15) is 11.8 Å². The number of non-ortho nitro benzene ring substituents is 1. The molecule has 25 heavy (non-hydrogen) atoms. The molecule has 0 aliphatic rings. The molecule has 1 aromatic heterocycles. The van der Waals surface area contributed by atoms with Gasteiger partial charge in [-0.15, -0.1) is 0 Å². The largest absolute Gasteiger partial charge is 0.463 e. The number of carbonyl (C=O) groups is 1. The van der Waals surface area contributed by atoms with Crippen LogP contribution in [0.2, 0.25) is 0 Å². The van der Waals surface area contributed by atoms with Crippen LogP contribution in [0.3, 0.4) is 0 Å². The number of benzene rings is 2. The lowest BCUT2D eigenvalue weighted by Crippen LogP contribution is -2.11. The maximum atomic E-state index is 12.5. The van der Waals surface area contributed by atoms with Crippen molar-refractivity contribution < 1.29 is 14.1 Å². The summed E-state index contributed by atoms with van der Waals surface area (Å²) in [7, 11) is 0. The SMILES string of the molecule is CC[C@H](C)c1ccc(NC(=O)c2coc3ccc([N+](=O)[O-])cc23)cc1. The van der Waals surface area contributed by atoms with Crippen LogP contribution in [-0.4, -0.2) is 10.8 Å². The number of nitro benzene ring substituents is 1. The average molecular weight is 338 g/mol. The minimum atomic E-state index is -0.498. The third kappa shape index (κ3) is 3.38. The van der Waals surface area contributed by atoms with Gasteiger partial charge in [-0.05, 0) is 36.1 Å². The van der Waals surface area contributed by atoms with Crippen LogP contribution in [0.5, 0.6) is 0 Å². The normalized spacial score (nSPS) is 12.1. The van der Waals surface area contributed by atoms with E-state index in [4.69, 9.17) is 4.42 Å². The molecule has 0 aliphatic heterocycles. The maximum absolute atomic E-state index is 12.5. The Morgan fingerprint density at radius 2 is 1.96 bits per heavy atom. The molecule has 0 aliphatic carbocycles. The number of nitro groups is 1. The Bertz CT molecular complexity index is 928. The number of amides is 1. The Labute approximate surface area is 144 Å². The number of hydrogen-bond acceptors (Lipinski definition) is 4. The molecule has 3 aromatic rings. The molecule has 0 radical (unpaired) electrons. The minimum absolute atomic E-state index is 0.0825. The average Bonchev–Trinajstić information content (AvgIpc) is 3.04. The molecular formula is C19H18N2O4. The van der Waals surface area contributed by atoms with Crippen LogP contribution in [0, 0.1) is 10.1 Å². The molecule has 1 amide bonds. The molecular weight excluding hydrogens is 320 g/mol. The number of nitrogens with one attached hydrogen (secondary N) is 1. The standard InChI is InChI=1S/C19H18N2O4/c1-3-12(2)13-4-6-14(7-5-13)20-19(22)17-11-25-18-9-8-15(21(23)24)10-16(17)18/h4-12H,3H2,1-2H3,(H,20,22)/t12-/m0/s1. The van der Waals surface area contributed by atoms with E-state index in [1.165, 1.54) is 30.0 Å². The zero-order valence-corrected chi connectivity index (χ0v) is 14.0. The van der Waals surface area contributed by atoms with Crippen molar-refractivity contribution in [3.63, 3.8) is 0 Å². The monoisotopic (exact) mass is 338 g/mol. The smallest absolute Gasteiger partial charge is 0.270 e. The molecule has 2 aromatic carbocycles. The lowest BCUT2D eigenvalue weighted by molar-refractivity contribution is -0.384. The van der Waals surface area contributed by atoms with Crippen molar-refractivity contribution in [2.75, 3.05) is 5.32 Å². The van der Waals surface area contributed by atoms with Gasteiger partial charge in [0.05, 0.1) is 10.5 Å². The first-order valence-corrected chi connectivity index (χ1v) is 8.06. The Kier molecular flexibility index (Phi) is 4.52. The Balaban J connectivity index is 1.85. The number of carbonyl (C=O) groups excluding carboxylic acids is 1.